The first kappa shape index (κ1) is 37.2. The second-order valence-corrected chi connectivity index (χ2v) is 13.0. The van der Waals surface area contributed by atoms with E-state index >= 15 is 0 Å². The van der Waals surface area contributed by atoms with E-state index in [0.29, 0.717) is 30.3 Å². The maximum Gasteiger partial charge on any atom is 0.408 e. The number of nitrogens with zero attached hydrogens (tertiary/aromatic N) is 2. The van der Waals surface area contributed by atoms with E-state index in [-0.39, 0.29) is 37.4 Å². The van der Waals surface area contributed by atoms with Gasteiger partial charge in [0.25, 0.3) is 0 Å². The van der Waals surface area contributed by atoms with Crippen molar-refractivity contribution in [3.05, 3.63) is 150 Å². The van der Waals surface area contributed by atoms with Crippen LogP contribution in [0.25, 0.3) is 0 Å². The van der Waals surface area contributed by atoms with Crippen LogP contribution in [0.4, 0.5) is 4.79 Å². The van der Waals surface area contributed by atoms with E-state index in [2.05, 4.69) is 34.4 Å². The lowest BCUT2D eigenvalue weighted by molar-refractivity contribution is -0.138. The van der Waals surface area contributed by atoms with Crippen molar-refractivity contribution in [2.75, 3.05) is 20.2 Å². The van der Waals surface area contributed by atoms with Gasteiger partial charge < -0.3 is 34.7 Å². The molecule has 3 N–H and O–H groups in total. The van der Waals surface area contributed by atoms with E-state index in [1.165, 1.54) is 11.2 Å². The van der Waals surface area contributed by atoms with E-state index in [1.54, 1.807) is 37.6 Å². The summed E-state index contributed by atoms with van der Waals surface area (Å²) in [4.78, 5) is 49.4. The number of benzene rings is 4. The maximum absolute atomic E-state index is 14.3. The summed E-state index contributed by atoms with van der Waals surface area (Å²) in [6, 6.07) is 33.2. The zero-order valence-electron chi connectivity index (χ0n) is 29.7. The van der Waals surface area contributed by atoms with Crippen molar-refractivity contribution in [3.63, 3.8) is 0 Å². The van der Waals surface area contributed by atoms with E-state index in [1.807, 2.05) is 84.9 Å². The lowest BCUT2D eigenvalue weighted by Crippen LogP contribution is -2.52. The SMILES string of the molecule is COc1ccc(COC(=O)N[C@@H](Cc2cnc[nH]2)C(=O)N(CC(=O)NCC(C)(C)c2ccccc2)Cc2ccc(OCc3ccccc3)cc2)cc1. The van der Waals surface area contributed by atoms with Gasteiger partial charge in [0.15, 0.2) is 0 Å². The van der Waals surface area contributed by atoms with Crippen LogP contribution in [-0.4, -0.2) is 59.0 Å². The molecule has 0 bridgehead atoms. The Morgan fingerprint density at radius 2 is 1.44 bits per heavy atom. The fourth-order valence-corrected chi connectivity index (χ4v) is 5.50. The van der Waals surface area contributed by atoms with Gasteiger partial charge in [0.1, 0.15) is 30.8 Å². The molecule has 0 aliphatic carbocycles. The lowest BCUT2D eigenvalue weighted by atomic mass is 9.84. The molecule has 0 saturated heterocycles. The molecular formula is C41H45N5O6. The molecule has 0 aliphatic heterocycles. The van der Waals surface area contributed by atoms with E-state index in [4.69, 9.17) is 14.2 Å². The summed E-state index contributed by atoms with van der Waals surface area (Å²) in [7, 11) is 1.57. The topological polar surface area (TPSA) is 135 Å². The van der Waals surface area contributed by atoms with Gasteiger partial charge in [-0.25, -0.2) is 9.78 Å². The molecule has 0 saturated carbocycles. The van der Waals surface area contributed by atoms with E-state index in [0.717, 1.165) is 22.3 Å². The first-order valence-electron chi connectivity index (χ1n) is 17.1. The maximum atomic E-state index is 14.3. The third-order valence-electron chi connectivity index (χ3n) is 8.57. The van der Waals surface area contributed by atoms with Gasteiger partial charge in [0.05, 0.1) is 20.0 Å². The number of H-pyrrole nitrogens is 1. The van der Waals surface area contributed by atoms with Crippen LogP contribution in [0.3, 0.4) is 0 Å². The predicted molar refractivity (Wildman–Crippen MR) is 198 cm³/mol. The average Bonchev–Trinajstić information content (AvgIpc) is 3.69. The summed E-state index contributed by atoms with van der Waals surface area (Å²) >= 11 is 0. The van der Waals surface area contributed by atoms with Gasteiger partial charge in [-0.3, -0.25) is 9.59 Å². The Morgan fingerprint density at radius 1 is 0.808 bits per heavy atom. The molecule has 1 heterocycles. The smallest absolute Gasteiger partial charge is 0.408 e. The number of aromatic nitrogens is 2. The summed E-state index contributed by atoms with van der Waals surface area (Å²) in [6.07, 6.45) is 2.41. The van der Waals surface area contributed by atoms with Crippen LogP contribution in [0.5, 0.6) is 11.5 Å². The number of rotatable bonds is 17. The molecule has 52 heavy (non-hydrogen) atoms. The number of carbonyl (C=O) groups is 3. The van der Waals surface area contributed by atoms with Crippen LogP contribution < -0.4 is 20.1 Å². The number of nitrogens with one attached hydrogen (secondary N) is 3. The van der Waals surface area contributed by atoms with Crippen LogP contribution in [0.1, 0.15) is 41.8 Å². The van der Waals surface area contributed by atoms with Crippen molar-refractivity contribution in [1.82, 2.24) is 25.5 Å². The van der Waals surface area contributed by atoms with Gasteiger partial charge in [-0.1, -0.05) is 98.8 Å². The number of ether oxygens (including phenoxy) is 3. The second-order valence-electron chi connectivity index (χ2n) is 13.0. The number of hydrogen-bond donors (Lipinski definition) is 3. The van der Waals surface area contributed by atoms with E-state index < -0.39 is 18.0 Å². The molecule has 0 radical (unpaired) electrons. The molecule has 0 fully saturated rings. The largest absolute Gasteiger partial charge is 0.497 e. The zero-order chi connectivity index (χ0) is 36.8. The summed E-state index contributed by atoms with van der Waals surface area (Å²) in [5, 5.41) is 5.75. The Kier molecular flexibility index (Phi) is 13.0. The molecule has 11 nitrogen and oxygen atoms in total. The first-order valence-corrected chi connectivity index (χ1v) is 17.1. The quantitative estimate of drug-likeness (QED) is 0.109. The number of methoxy groups -OCH3 is 1. The molecule has 0 unspecified atom stereocenters. The van der Waals surface area contributed by atoms with Gasteiger partial charge in [-0.15, -0.1) is 0 Å². The number of hydrogen-bond acceptors (Lipinski definition) is 7. The third-order valence-corrected chi connectivity index (χ3v) is 8.57. The molecule has 5 aromatic rings. The zero-order valence-corrected chi connectivity index (χ0v) is 29.7. The van der Waals surface area contributed by atoms with Crippen molar-refractivity contribution >= 4 is 17.9 Å². The Labute approximate surface area is 304 Å². The fraction of sp³-hybridized carbons (Fsp3) is 0.268. The molecule has 5 rings (SSSR count). The Morgan fingerprint density at radius 3 is 2.10 bits per heavy atom. The molecule has 1 atom stereocenters. The number of imidazole rings is 1. The standard InChI is InChI=1S/C41H45N5O6/c1-41(2,33-12-8-5-9-13-33)28-43-38(47)25-46(24-30-14-20-36(21-15-30)51-26-31-10-6-4-7-11-31)39(48)37(22-34-23-42-29-44-34)45-40(49)52-27-32-16-18-35(50-3)19-17-32/h4-21,23,29,37H,22,24-28H2,1-3H3,(H,42,44)(H,43,47)(H,45,49)/t37-/m0/s1. The molecule has 3 amide bonds. The molecule has 270 valence electrons. The van der Waals surface area contributed by atoms with Crippen LogP contribution >= 0.6 is 0 Å². The van der Waals surface area contributed by atoms with Crippen LogP contribution in [0.2, 0.25) is 0 Å². The highest BCUT2D eigenvalue weighted by Gasteiger charge is 2.30. The predicted octanol–water partition coefficient (Wildman–Crippen LogP) is 5.96. The summed E-state index contributed by atoms with van der Waals surface area (Å²) in [5.74, 6) is 0.561. The molecule has 0 aliphatic rings. The summed E-state index contributed by atoms with van der Waals surface area (Å²) in [5.41, 5.74) is 3.93. The van der Waals surface area contributed by atoms with Crippen LogP contribution in [0.15, 0.2) is 122 Å². The lowest BCUT2D eigenvalue weighted by Gasteiger charge is -2.29. The number of aromatic amines is 1. The Bertz CT molecular complexity index is 1850. The second kappa shape index (κ2) is 18.2. The van der Waals surface area contributed by atoms with Gasteiger partial charge in [0, 0.05) is 36.8 Å². The molecule has 1 aromatic heterocycles. The minimum atomic E-state index is -1.06. The highest BCUT2D eigenvalue weighted by atomic mass is 16.5. The third kappa shape index (κ3) is 11.2. The minimum absolute atomic E-state index is 0.0111. The minimum Gasteiger partial charge on any atom is -0.497 e. The van der Waals surface area contributed by atoms with Crippen molar-refractivity contribution in [2.45, 2.75) is 51.5 Å². The highest BCUT2D eigenvalue weighted by Crippen LogP contribution is 2.22. The summed E-state index contributed by atoms with van der Waals surface area (Å²) in [6.45, 7) is 4.73. The van der Waals surface area contributed by atoms with Crippen molar-refractivity contribution in [2.24, 2.45) is 0 Å². The fourth-order valence-electron chi connectivity index (χ4n) is 5.50. The van der Waals surface area contributed by atoms with Gasteiger partial charge in [-0.05, 0) is 46.5 Å². The van der Waals surface area contributed by atoms with Gasteiger partial charge in [-0.2, -0.15) is 0 Å². The number of alkyl carbamates (subject to hydrolysis) is 1. The monoisotopic (exact) mass is 703 g/mol. The van der Waals surface area contributed by atoms with Crippen molar-refractivity contribution in [3.8, 4) is 11.5 Å². The number of carbonyl (C=O) groups excluding carboxylic acids is 3. The van der Waals surface area contributed by atoms with Crippen LogP contribution in [-0.2, 0) is 45.9 Å². The molecule has 11 heteroatoms. The molecule has 4 aromatic carbocycles. The molecule has 0 spiro atoms. The normalized spacial score (nSPS) is 11.6. The Balaban J connectivity index is 1.31. The average molecular weight is 704 g/mol. The van der Waals surface area contributed by atoms with Gasteiger partial charge in [0.2, 0.25) is 11.8 Å². The Hall–Kier alpha value is -6.10. The molecular weight excluding hydrogens is 658 g/mol. The van der Waals surface area contributed by atoms with E-state index in [9.17, 15) is 14.4 Å². The van der Waals surface area contributed by atoms with Gasteiger partial charge >= 0.3 is 6.09 Å². The van der Waals surface area contributed by atoms with Crippen molar-refractivity contribution in [1.29, 1.82) is 0 Å². The summed E-state index contributed by atoms with van der Waals surface area (Å²) < 4.78 is 16.6. The first-order chi connectivity index (χ1) is 25.2. The highest BCUT2D eigenvalue weighted by molar-refractivity contribution is 5.89. The van der Waals surface area contributed by atoms with Crippen LogP contribution in [0, 0.1) is 0 Å². The van der Waals surface area contributed by atoms with Crippen molar-refractivity contribution < 1.29 is 28.6 Å². The number of amides is 3.